The second-order valence-corrected chi connectivity index (χ2v) is 7.46. The van der Waals surface area contributed by atoms with Crippen molar-refractivity contribution < 1.29 is 23.8 Å². The molecule has 160 valence electrons. The van der Waals surface area contributed by atoms with E-state index in [2.05, 4.69) is 10.3 Å². The summed E-state index contributed by atoms with van der Waals surface area (Å²) >= 11 is 0. The summed E-state index contributed by atoms with van der Waals surface area (Å²) in [4.78, 5) is 28.7. The molecule has 2 heterocycles. The fraction of sp³-hybridized carbons (Fsp3) is 0.250. The molecule has 2 aromatic carbocycles. The SMILES string of the molecule is Cc1[nH]c(C(=O)NC(C)c2ccccc2)c(C)c1C(=O)COc1ccc2c(c1)OCO2. The number of Topliss-reactive ketones (excluding diaryl/α,β-unsaturated/α-hetero) is 1. The number of aryl methyl sites for hydroxylation is 1. The molecular weight excluding hydrogens is 396 g/mol. The van der Waals surface area contributed by atoms with Gasteiger partial charge in [-0.1, -0.05) is 30.3 Å². The average Bonchev–Trinajstić information content (AvgIpc) is 3.36. The van der Waals surface area contributed by atoms with Crippen LogP contribution in [0.2, 0.25) is 0 Å². The number of hydrogen-bond donors (Lipinski definition) is 2. The number of nitrogens with one attached hydrogen (secondary N) is 2. The number of benzene rings is 2. The standard InChI is InChI=1S/C24H24N2O5/c1-14-22(19(27)12-29-18-9-10-20-21(11-18)31-13-30-20)16(3)25-23(14)24(28)26-15(2)17-7-5-4-6-8-17/h4-11,15,25H,12-13H2,1-3H3,(H,26,28). The monoisotopic (exact) mass is 420 g/mol. The molecule has 4 rings (SSSR count). The third-order valence-electron chi connectivity index (χ3n) is 5.30. The summed E-state index contributed by atoms with van der Waals surface area (Å²) in [6.07, 6.45) is 0. The summed E-state index contributed by atoms with van der Waals surface area (Å²) in [6.45, 7) is 5.48. The van der Waals surface area contributed by atoms with Crippen molar-refractivity contribution in [1.82, 2.24) is 10.3 Å². The predicted molar refractivity (Wildman–Crippen MR) is 115 cm³/mol. The average molecular weight is 420 g/mol. The number of amides is 1. The molecular formula is C24H24N2O5. The first-order valence-electron chi connectivity index (χ1n) is 10.0. The zero-order valence-electron chi connectivity index (χ0n) is 17.7. The van der Waals surface area contributed by atoms with Crippen LogP contribution in [0.5, 0.6) is 17.2 Å². The molecule has 1 atom stereocenters. The van der Waals surface area contributed by atoms with Crippen molar-refractivity contribution in [2.24, 2.45) is 0 Å². The third-order valence-corrected chi connectivity index (χ3v) is 5.30. The van der Waals surface area contributed by atoms with Crippen LogP contribution in [0.3, 0.4) is 0 Å². The summed E-state index contributed by atoms with van der Waals surface area (Å²) in [5.41, 5.74) is 3.10. The van der Waals surface area contributed by atoms with E-state index in [4.69, 9.17) is 14.2 Å². The first-order chi connectivity index (χ1) is 14.9. The van der Waals surface area contributed by atoms with Gasteiger partial charge in [-0.2, -0.15) is 0 Å². The van der Waals surface area contributed by atoms with Gasteiger partial charge in [-0.3, -0.25) is 9.59 Å². The van der Waals surface area contributed by atoms with Crippen LogP contribution in [0.15, 0.2) is 48.5 Å². The highest BCUT2D eigenvalue weighted by molar-refractivity contribution is 6.04. The van der Waals surface area contributed by atoms with Crippen LogP contribution in [0.4, 0.5) is 0 Å². The number of rotatable bonds is 7. The number of carbonyl (C=O) groups is 2. The molecule has 0 spiro atoms. The maximum absolute atomic E-state index is 12.8. The molecule has 3 aromatic rings. The number of aromatic amines is 1. The molecule has 1 unspecified atom stereocenters. The lowest BCUT2D eigenvalue weighted by Crippen LogP contribution is -2.27. The number of ether oxygens (including phenoxy) is 3. The maximum Gasteiger partial charge on any atom is 0.268 e. The van der Waals surface area contributed by atoms with Crippen LogP contribution in [-0.4, -0.2) is 30.1 Å². The van der Waals surface area contributed by atoms with Gasteiger partial charge >= 0.3 is 0 Å². The van der Waals surface area contributed by atoms with Crippen molar-refractivity contribution in [2.45, 2.75) is 26.8 Å². The van der Waals surface area contributed by atoms with E-state index in [1.165, 1.54) is 0 Å². The largest absolute Gasteiger partial charge is 0.485 e. The molecule has 1 aromatic heterocycles. The van der Waals surface area contributed by atoms with Crippen LogP contribution in [0, 0.1) is 13.8 Å². The molecule has 7 heteroatoms. The molecule has 0 saturated carbocycles. The molecule has 0 aliphatic carbocycles. The van der Waals surface area contributed by atoms with E-state index in [0.29, 0.717) is 39.8 Å². The molecule has 31 heavy (non-hydrogen) atoms. The summed E-state index contributed by atoms with van der Waals surface area (Å²) < 4.78 is 16.2. The molecule has 1 aliphatic rings. The Bertz CT molecular complexity index is 1120. The Hall–Kier alpha value is -3.74. The zero-order valence-corrected chi connectivity index (χ0v) is 17.7. The molecule has 1 aliphatic heterocycles. The minimum atomic E-state index is -0.257. The number of hydrogen-bond acceptors (Lipinski definition) is 5. The lowest BCUT2D eigenvalue weighted by atomic mass is 10.1. The summed E-state index contributed by atoms with van der Waals surface area (Å²) in [5, 5.41) is 2.98. The Morgan fingerprint density at radius 2 is 1.84 bits per heavy atom. The van der Waals surface area contributed by atoms with Gasteiger partial charge in [-0.25, -0.2) is 0 Å². The minimum absolute atomic E-state index is 0.152. The van der Waals surface area contributed by atoms with Gasteiger partial charge in [0.25, 0.3) is 5.91 Å². The van der Waals surface area contributed by atoms with Gasteiger partial charge in [0.2, 0.25) is 12.6 Å². The van der Waals surface area contributed by atoms with E-state index < -0.39 is 0 Å². The quantitative estimate of drug-likeness (QED) is 0.562. The van der Waals surface area contributed by atoms with Gasteiger partial charge in [0, 0.05) is 17.3 Å². The highest BCUT2D eigenvalue weighted by atomic mass is 16.7. The predicted octanol–water partition coefficient (Wildman–Crippen LogP) is 4.11. The fourth-order valence-electron chi connectivity index (χ4n) is 3.68. The molecule has 0 fully saturated rings. The second-order valence-electron chi connectivity index (χ2n) is 7.46. The van der Waals surface area contributed by atoms with Crippen LogP contribution in [-0.2, 0) is 0 Å². The Morgan fingerprint density at radius 1 is 1.10 bits per heavy atom. The van der Waals surface area contributed by atoms with Crippen molar-refractivity contribution in [3.8, 4) is 17.2 Å². The van der Waals surface area contributed by atoms with Crippen molar-refractivity contribution in [2.75, 3.05) is 13.4 Å². The Balaban J connectivity index is 1.44. The van der Waals surface area contributed by atoms with Crippen molar-refractivity contribution in [1.29, 1.82) is 0 Å². The molecule has 0 radical (unpaired) electrons. The number of H-pyrrole nitrogens is 1. The van der Waals surface area contributed by atoms with Crippen LogP contribution in [0.1, 0.15) is 50.6 Å². The molecule has 2 N–H and O–H groups in total. The molecule has 1 amide bonds. The maximum atomic E-state index is 12.8. The Morgan fingerprint density at radius 3 is 2.61 bits per heavy atom. The second kappa shape index (κ2) is 8.55. The number of aromatic nitrogens is 1. The fourth-order valence-corrected chi connectivity index (χ4v) is 3.68. The van der Waals surface area contributed by atoms with E-state index in [1.807, 2.05) is 37.3 Å². The first-order valence-corrected chi connectivity index (χ1v) is 10.0. The zero-order chi connectivity index (χ0) is 22.0. The first kappa shape index (κ1) is 20.5. The smallest absolute Gasteiger partial charge is 0.268 e. The topological polar surface area (TPSA) is 89.7 Å². The van der Waals surface area contributed by atoms with Crippen LogP contribution < -0.4 is 19.5 Å². The van der Waals surface area contributed by atoms with Crippen molar-refractivity contribution in [3.05, 3.63) is 76.6 Å². The van der Waals surface area contributed by atoms with Gasteiger partial charge in [-0.15, -0.1) is 0 Å². The number of fused-ring (bicyclic) bond motifs is 1. The van der Waals surface area contributed by atoms with E-state index in [0.717, 1.165) is 5.56 Å². The van der Waals surface area contributed by atoms with Crippen molar-refractivity contribution >= 4 is 11.7 Å². The minimum Gasteiger partial charge on any atom is -0.485 e. The molecule has 7 nitrogen and oxygen atoms in total. The van der Waals surface area contributed by atoms with Crippen molar-refractivity contribution in [3.63, 3.8) is 0 Å². The summed E-state index contributed by atoms with van der Waals surface area (Å²) in [6, 6.07) is 14.7. The number of carbonyl (C=O) groups excluding carboxylic acids is 2. The van der Waals surface area contributed by atoms with Gasteiger partial charge in [0.15, 0.2) is 18.1 Å². The Labute approximate surface area is 180 Å². The highest BCUT2D eigenvalue weighted by Gasteiger charge is 2.23. The van der Waals surface area contributed by atoms with Gasteiger partial charge < -0.3 is 24.5 Å². The van der Waals surface area contributed by atoms with E-state index >= 15 is 0 Å². The molecule has 0 saturated heterocycles. The lowest BCUT2D eigenvalue weighted by Gasteiger charge is -2.14. The van der Waals surface area contributed by atoms with Gasteiger partial charge in [0.1, 0.15) is 11.4 Å². The number of ketones is 1. The van der Waals surface area contributed by atoms with Crippen LogP contribution in [0.25, 0.3) is 0 Å². The van der Waals surface area contributed by atoms with E-state index in [1.54, 1.807) is 32.0 Å². The lowest BCUT2D eigenvalue weighted by molar-refractivity contribution is 0.0919. The van der Waals surface area contributed by atoms with Gasteiger partial charge in [0.05, 0.1) is 6.04 Å². The third kappa shape index (κ3) is 4.26. The normalized spacial score (nSPS) is 13.0. The van der Waals surface area contributed by atoms with E-state index in [9.17, 15) is 9.59 Å². The summed E-state index contributed by atoms with van der Waals surface area (Å²) in [7, 11) is 0. The Kier molecular flexibility index (Phi) is 5.66. The van der Waals surface area contributed by atoms with E-state index in [-0.39, 0.29) is 31.1 Å². The summed E-state index contributed by atoms with van der Waals surface area (Å²) in [5.74, 6) is 1.28. The highest BCUT2D eigenvalue weighted by Crippen LogP contribution is 2.35. The van der Waals surface area contributed by atoms with Gasteiger partial charge in [-0.05, 0) is 44.0 Å². The molecule has 0 bridgehead atoms. The van der Waals surface area contributed by atoms with Crippen LogP contribution >= 0.6 is 0 Å².